The molecule has 0 unspecified atom stereocenters. The lowest BCUT2D eigenvalue weighted by molar-refractivity contribution is 0.0750. The van der Waals surface area contributed by atoms with E-state index in [1.165, 1.54) is 12.3 Å². The molecule has 96 valence electrons. The third-order valence-corrected chi connectivity index (χ3v) is 3.19. The van der Waals surface area contributed by atoms with E-state index in [0.29, 0.717) is 18.8 Å². The van der Waals surface area contributed by atoms with Crippen LogP contribution in [0.5, 0.6) is 0 Å². The zero-order chi connectivity index (χ0) is 13.4. The van der Waals surface area contributed by atoms with Crippen molar-refractivity contribution >= 4 is 11.6 Å². The number of amides is 1. The van der Waals surface area contributed by atoms with E-state index >= 15 is 0 Å². The summed E-state index contributed by atoms with van der Waals surface area (Å²) in [5.41, 5.74) is 8.78. The molecule has 0 bridgehead atoms. The van der Waals surface area contributed by atoms with Crippen LogP contribution >= 0.6 is 0 Å². The van der Waals surface area contributed by atoms with Crippen LogP contribution in [-0.4, -0.2) is 15.8 Å². The van der Waals surface area contributed by atoms with Gasteiger partial charge in [-0.1, -0.05) is 6.07 Å². The molecule has 1 aliphatic rings. The largest absolute Gasteiger partial charge is 0.399 e. The number of carbonyl (C=O) groups is 1. The number of benzene rings is 1. The molecule has 1 amide bonds. The number of nitrogens with two attached hydrogens (primary N) is 1. The molecule has 1 aromatic heterocycles. The Morgan fingerprint density at radius 1 is 1.21 bits per heavy atom. The summed E-state index contributed by atoms with van der Waals surface area (Å²) in [6, 6.07) is 6.80. The van der Waals surface area contributed by atoms with Crippen LogP contribution in [0.15, 0.2) is 36.7 Å². The number of nitrogen functional groups attached to an aromatic ring is 1. The summed E-state index contributed by atoms with van der Waals surface area (Å²) in [5.74, 6) is -0.728. The molecule has 2 heterocycles. The first-order valence-electron chi connectivity index (χ1n) is 5.90. The van der Waals surface area contributed by atoms with E-state index in [1.54, 1.807) is 4.90 Å². The van der Waals surface area contributed by atoms with E-state index in [0.717, 1.165) is 17.3 Å². The van der Waals surface area contributed by atoms with Crippen LogP contribution in [0.1, 0.15) is 21.5 Å². The Morgan fingerprint density at radius 3 is 2.79 bits per heavy atom. The van der Waals surface area contributed by atoms with Crippen molar-refractivity contribution in [2.75, 3.05) is 5.73 Å². The Morgan fingerprint density at radius 2 is 2.00 bits per heavy atom. The number of hydrogen-bond donors (Lipinski definition) is 1. The van der Waals surface area contributed by atoms with Gasteiger partial charge in [0.05, 0.1) is 11.8 Å². The molecule has 0 atom stereocenters. The molecule has 2 aromatic rings. The molecule has 4 nitrogen and oxygen atoms in total. The van der Waals surface area contributed by atoms with Crippen molar-refractivity contribution in [3.8, 4) is 0 Å². The Hall–Kier alpha value is -2.43. The van der Waals surface area contributed by atoms with Crippen LogP contribution in [-0.2, 0) is 13.1 Å². The summed E-state index contributed by atoms with van der Waals surface area (Å²) in [5, 5.41) is 0. The highest BCUT2D eigenvalue weighted by molar-refractivity contribution is 5.94. The molecular formula is C14H12FN3O. The molecule has 1 aromatic carbocycles. The molecule has 3 rings (SSSR count). The highest BCUT2D eigenvalue weighted by Crippen LogP contribution is 2.25. The molecule has 0 saturated carbocycles. The maximum absolute atomic E-state index is 13.1. The summed E-state index contributed by atoms with van der Waals surface area (Å²) in [7, 11) is 0. The third kappa shape index (κ3) is 2.14. The van der Waals surface area contributed by atoms with Gasteiger partial charge < -0.3 is 10.6 Å². The van der Waals surface area contributed by atoms with E-state index in [2.05, 4.69) is 4.98 Å². The SMILES string of the molecule is Nc1ccc2c(c1)CN(C(=O)c1cncc(F)c1)C2. The van der Waals surface area contributed by atoms with Gasteiger partial charge in [0.15, 0.2) is 0 Å². The van der Waals surface area contributed by atoms with Crippen LogP contribution in [0.25, 0.3) is 0 Å². The van der Waals surface area contributed by atoms with Crippen molar-refractivity contribution in [3.05, 3.63) is 59.2 Å². The summed E-state index contributed by atoms with van der Waals surface area (Å²) < 4.78 is 13.1. The molecule has 19 heavy (non-hydrogen) atoms. The summed E-state index contributed by atoms with van der Waals surface area (Å²) in [6.45, 7) is 1.01. The van der Waals surface area contributed by atoms with Crippen molar-refractivity contribution < 1.29 is 9.18 Å². The highest BCUT2D eigenvalue weighted by Gasteiger charge is 2.24. The second-order valence-corrected chi connectivity index (χ2v) is 4.58. The van der Waals surface area contributed by atoms with Crippen molar-refractivity contribution in [2.45, 2.75) is 13.1 Å². The number of pyridine rings is 1. The van der Waals surface area contributed by atoms with E-state index in [4.69, 9.17) is 5.73 Å². The van der Waals surface area contributed by atoms with Gasteiger partial charge in [0.2, 0.25) is 0 Å². The van der Waals surface area contributed by atoms with Gasteiger partial charge in [-0.15, -0.1) is 0 Å². The smallest absolute Gasteiger partial charge is 0.256 e. The lowest BCUT2D eigenvalue weighted by Crippen LogP contribution is -2.25. The van der Waals surface area contributed by atoms with Gasteiger partial charge in [-0.05, 0) is 29.3 Å². The fraction of sp³-hybridized carbons (Fsp3) is 0.143. The number of nitrogens with zero attached hydrogens (tertiary/aromatic N) is 2. The van der Waals surface area contributed by atoms with Crippen LogP contribution < -0.4 is 5.73 Å². The van der Waals surface area contributed by atoms with Gasteiger partial charge in [0.1, 0.15) is 5.82 Å². The molecule has 0 spiro atoms. The van der Waals surface area contributed by atoms with Gasteiger partial charge in [-0.2, -0.15) is 0 Å². The summed E-state index contributed by atoms with van der Waals surface area (Å²) in [4.78, 5) is 17.6. The van der Waals surface area contributed by atoms with Gasteiger partial charge in [-0.3, -0.25) is 9.78 Å². The standard InChI is InChI=1S/C14H12FN3O/c15-12-3-10(5-17-6-12)14(19)18-7-9-1-2-13(16)4-11(9)8-18/h1-6H,7-8,16H2. The monoisotopic (exact) mass is 257 g/mol. The number of carbonyl (C=O) groups excluding carboxylic acids is 1. The minimum Gasteiger partial charge on any atom is -0.399 e. The Kier molecular flexibility index (Phi) is 2.67. The molecule has 5 heteroatoms. The van der Waals surface area contributed by atoms with E-state index in [9.17, 15) is 9.18 Å². The molecule has 0 saturated heterocycles. The van der Waals surface area contributed by atoms with Crippen molar-refractivity contribution in [2.24, 2.45) is 0 Å². The average Bonchev–Trinajstić information content (AvgIpc) is 2.80. The van der Waals surface area contributed by atoms with Crippen molar-refractivity contribution in [1.82, 2.24) is 9.88 Å². The average molecular weight is 257 g/mol. The molecular weight excluding hydrogens is 245 g/mol. The van der Waals surface area contributed by atoms with E-state index in [-0.39, 0.29) is 11.5 Å². The first kappa shape index (κ1) is 11.6. The van der Waals surface area contributed by atoms with Gasteiger partial charge in [-0.25, -0.2) is 4.39 Å². The second-order valence-electron chi connectivity index (χ2n) is 4.58. The highest BCUT2D eigenvalue weighted by atomic mass is 19.1. The first-order valence-corrected chi connectivity index (χ1v) is 5.90. The third-order valence-electron chi connectivity index (χ3n) is 3.19. The van der Waals surface area contributed by atoms with E-state index in [1.807, 2.05) is 18.2 Å². The maximum atomic E-state index is 13.1. The molecule has 1 aliphatic heterocycles. The number of fused-ring (bicyclic) bond motifs is 1. The lowest BCUT2D eigenvalue weighted by Gasteiger charge is -2.15. The van der Waals surface area contributed by atoms with Crippen LogP contribution in [0.2, 0.25) is 0 Å². The van der Waals surface area contributed by atoms with Crippen LogP contribution in [0.4, 0.5) is 10.1 Å². The Balaban J connectivity index is 1.85. The fourth-order valence-corrected chi connectivity index (χ4v) is 2.27. The number of hydrogen-bond acceptors (Lipinski definition) is 3. The lowest BCUT2D eigenvalue weighted by atomic mass is 10.1. The Labute approximate surface area is 109 Å². The molecule has 2 N–H and O–H groups in total. The maximum Gasteiger partial charge on any atom is 0.256 e. The summed E-state index contributed by atoms with van der Waals surface area (Å²) in [6.07, 6.45) is 2.46. The minimum atomic E-state index is -0.508. The zero-order valence-corrected chi connectivity index (χ0v) is 10.1. The van der Waals surface area contributed by atoms with Gasteiger partial charge in [0, 0.05) is 25.0 Å². The molecule has 0 radical (unpaired) electrons. The summed E-state index contributed by atoms with van der Waals surface area (Å²) >= 11 is 0. The van der Waals surface area contributed by atoms with Crippen molar-refractivity contribution in [1.29, 1.82) is 0 Å². The van der Waals surface area contributed by atoms with Gasteiger partial charge in [0.25, 0.3) is 5.91 Å². The second kappa shape index (κ2) is 4.35. The molecule has 0 aliphatic carbocycles. The normalized spacial score (nSPS) is 13.4. The predicted molar refractivity (Wildman–Crippen MR) is 68.6 cm³/mol. The van der Waals surface area contributed by atoms with Crippen LogP contribution in [0.3, 0.4) is 0 Å². The number of halogens is 1. The zero-order valence-electron chi connectivity index (χ0n) is 10.1. The fourth-order valence-electron chi connectivity index (χ4n) is 2.27. The number of rotatable bonds is 1. The Bertz CT molecular complexity index is 657. The quantitative estimate of drug-likeness (QED) is 0.794. The van der Waals surface area contributed by atoms with Crippen molar-refractivity contribution in [3.63, 3.8) is 0 Å². The van der Waals surface area contributed by atoms with Gasteiger partial charge >= 0.3 is 0 Å². The predicted octanol–water partition coefficient (Wildman–Crippen LogP) is 1.96. The minimum absolute atomic E-state index is 0.221. The molecule has 0 fully saturated rings. The first-order chi connectivity index (χ1) is 9.13. The topological polar surface area (TPSA) is 59.2 Å². The van der Waals surface area contributed by atoms with Crippen LogP contribution in [0, 0.1) is 5.82 Å². The number of aromatic nitrogens is 1. The van der Waals surface area contributed by atoms with E-state index < -0.39 is 5.82 Å². The number of anilines is 1.